The van der Waals surface area contributed by atoms with E-state index in [4.69, 9.17) is 22.7 Å². The Balaban J connectivity index is 2.96. The number of anilines is 1. The largest absolute Gasteiger partial charge is 0.417 e. The van der Waals surface area contributed by atoms with Gasteiger partial charge in [-0.05, 0) is 13.0 Å². The van der Waals surface area contributed by atoms with E-state index in [-0.39, 0.29) is 16.7 Å². The lowest BCUT2D eigenvalue weighted by molar-refractivity contribution is -0.137. The molecule has 0 amide bonds. The van der Waals surface area contributed by atoms with Crippen molar-refractivity contribution in [1.82, 2.24) is 4.98 Å². The van der Waals surface area contributed by atoms with Crippen molar-refractivity contribution in [3.63, 3.8) is 0 Å². The molecule has 1 aromatic heterocycles. The second-order valence-electron chi connectivity index (χ2n) is 3.88. The number of rotatable bonds is 5. The molecular weight excluding hydrogens is 281 g/mol. The van der Waals surface area contributed by atoms with E-state index in [1.54, 1.807) is 4.90 Å². The van der Waals surface area contributed by atoms with Gasteiger partial charge in [-0.3, -0.25) is 5.41 Å². The van der Waals surface area contributed by atoms with Gasteiger partial charge in [0.2, 0.25) is 0 Å². The monoisotopic (exact) mass is 294 g/mol. The summed E-state index contributed by atoms with van der Waals surface area (Å²) in [6.45, 7) is 2.70. The number of alkyl halides is 3. The van der Waals surface area contributed by atoms with Gasteiger partial charge in [0, 0.05) is 25.7 Å². The van der Waals surface area contributed by atoms with Gasteiger partial charge in [-0.1, -0.05) is 11.6 Å². The summed E-state index contributed by atoms with van der Waals surface area (Å²) in [5.74, 6) is 0.264. The maximum atomic E-state index is 12.5. The Hall–Kier alpha value is -1.50. The van der Waals surface area contributed by atoms with E-state index in [1.807, 2.05) is 6.92 Å². The molecule has 106 valence electrons. The fraction of sp³-hybridized carbons (Fsp3) is 0.455. The van der Waals surface area contributed by atoms with E-state index < -0.39 is 11.7 Å². The van der Waals surface area contributed by atoms with Crippen LogP contribution in [0.1, 0.15) is 18.9 Å². The number of halogens is 4. The number of hydrogen-bond acceptors (Lipinski definition) is 3. The lowest BCUT2D eigenvalue weighted by Gasteiger charge is -2.23. The van der Waals surface area contributed by atoms with E-state index in [0.717, 1.165) is 12.3 Å². The minimum absolute atomic E-state index is 0.00137. The molecule has 0 aliphatic carbocycles. The Kier molecular flexibility index (Phi) is 4.99. The molecule has 0 bridgehead atoms. The SMILES string of the molecule is CCN(CCC(=N)N)c1ncc(C(F)(F)F)cc1Cl. The van der Waals surface area contributed by atoms with Crippen LogP contribution in [-0.2, 0) is 6.18 Å². The second-order valence-corrected chi connectivity index (χ2v) is 4.29. The first-order valence-electron chi connectivity index (χ1n) is 5.56. The Labute approximate surface area is 113 Å². The van der Waals surface area contributed by atoms with E-state index in [2.05, 4.69) is 4.98 Å². The van der Waals surface area contributed by atoms with E-state index >= 15 is 0 Å². The van der Waals surface area contributed by atoms with Crippen LogP contribution in [0.3, 0.4) is 0 Å². The highest BCUT2D eigenvalue weighted by Gasteiger charge is 2.31. The fourth-order valence-electron chi connectivity index (χ4n) is 1.49. The molecule has 1 aromatic rings. The maximum absolute atomic E-state index is 12.5. The molecule has 8 heteroatoms. The van der Waals surface area contributed by atoms with Gasteiger partial charge in [-0.25, -0.2) is 4.98 Å². The van der Waals surface area contributed by atoms with Gasteiger partial charge in [0.05, 0.1) is 16.4 Å². The molecule has 0 fully saturated rings. The summed E-state index contributed by atoms with van der Waals surface area (Å²) in [4.78, 5) is 5.43. The van der Waals surface area contributed by atoms with Crippen molar-refractivity contribution in [1.29, 1.82) is 5.41 Å². The summed E-state index contributed by atoms with van der Waals surface area (Å²) in [5.41, 5.74) is 4.36. The number of aromatic nitrogens is 1. The predicted molar refractivity (Wildman–Crippen MR) is 68.7 cm³/mol. The van der Waals surface area contributed by atoms with Crippen molar-refractivity contribution in [2.24, 2.45) is 5.73 Å². The predicted octanol–water partition coefficient (Wildman–Crippen LogP) is 2.91. The van der Waals surface area contributed by atoms with Crippen LogP contribution in [0.15, 0.2) is 12.3 Å². The third-order valence-corrected chi connectivity index (χ3v) is 2.76. The zero-order valence-electron chi connectivity index (χ0n) is 10.3. The third kappa shape index (κ3) is 4.27. The summed E-state index contributed by atoms with van der Waals surface area (Å²) < 4.78 is 37.4. The average Bonchev–Trinajstić information content (AvgIpc) is 2.29. The first-order valence-corrected chi connectivity index (χ1v) is 5.94. The normalized spacial score (nSPS) is 11.4. The van der Waals surface area contributed by atoms with Crippen molar-refractivity contribution in [2.75, 3.05) is 18.0 Å². The molecule has 0 radical (unpaired) electrons. The van der Waals surface area contributed by atoms with Crippen molar-refractivity contribution >= 4 is 23.3 Å². The van der Waals surface area contributed by atoms with Crippen LogP contribution in [0.5, 0.6) is 0 Å². The minimum atomic E-state index is -4.47. The molecule has 0 aromatic carbocycles. The summed E-state index contributed by atoms with van der Waals surface area (Å²) in [5, 5.41) is 7.07. The van der Waals surface area contributed by atoms with Crippen molar-refractivity contribution in [3.05, 3.63) is 22.8 Å². The molecule has 1 heterocycles. The van der Waals surface area contributed by atoms with Crippen molar-refractivity contribution in [2.45, 2.75) is 19.5 Å². The van der Waals surface area contributed by atoms with Crippen LogP contribution in [-0.4, -0.2) is 23.9 Å². The highest BCUT2D eigenvalue weighted by atomic mass is 35.5. The molecule has 0 atom stereocenters. The Morgan fingerprint density at radius 3 is 2.58 bits per heavy atom. The average molecular weight is 295 g/mol. The van der Waals surface area contributed by atoms with E-state index in [0.29, 0.717) is 19.5 Å². The summed E-state index contributed by atoms with van der Waals surface area (Å²) in [7, 11) is 0. The highest BCUT2D eigenvalue weighted by Crippen LogP contribution is 2.33. The smallest absolute Gasteiger partial charge is 0.388 e. The van der Waals surface area contributed by atoms with Gasteiger partial charge in [0.15, 0.2) is 0 Å². The zero-order valence-corrected chi connectivity index (χ0v) is 11.0. The zero-order chi connectivity index (χ0) is 14.6. The van der Waals surface area contributed by atoms with Crippen molar-refractivity contribution < 1.29 is 13.2 Å². The number of amidine groups is 1. The fourth-order valence-corrected chi connectivity index (χ4v) is 1.77. The molecule has 1 rings (SSSR count). The summed E-state index contributed by atoms with van der Waals surface area (Å²) >= 11 is 5.84. The van der Waals surface area contributed by atoms with Crippen LogP contribution in [0.4, 0.5) is 19.0 Å². The molecule has 0 saturated heterocycles. The molecule has 0 spiro atoms. The number of hydrogen-bond donors (Lipinski definition) is 2. The van der Waals surface area contributed by atoms with Gasteiger partial charge < -0.3 is 10.6 Å². The Bertz CT molecular complexity index is 462. The molecule has 0 aliphatic heterocycles. The summed E-state index contributed by atoms with van der Waals surface area (Å²) in [6.07, 6.45) is -3.42. The van der Waals surface area contributed by atoms with Crippen LogP contribution >= 0.6 is 11.6 Å². The van der Waals surface area contributed by atoms with Gasteiger partial charge in [0.1, 0.15) is 5.82 Å². The van der Waals surface area contributed by atoms with Gasteiger partial charge >= 0.3 is 6.18 Å². The van der Waals surface area contributed by atoms with Crippen LogP contribution in [0.2, 0.25) is 5.02 Å². The summed E-state index contributed by atoms with van der Waals surface area (Å²) in [6, 6.07) is 0.848. The van der Waals surface area contributed by atoms with Crippen LogP contribution in [0, 0.1) is 5.41 Å². The van der Waals surface area contributed by atoms with Gasteiger partial charge in [0.25, 0.3) is 0 Å². The molecule has 0 aliphatic rings. The van der Waals surface area contributed by atoms with Gasteiger partial charge in [-0.15, -0.1) is 0 Å². The molecule has 4 nitrogen and oxygen atoms in total. The van der Waals surface area contributed by atoms with E-state index in [1.165, 1.54) is 0 Å². The lowest BCUT2D eigenvalue weighted by atomic mass is 10.2. The first-order chi connectivity index (χ1) is 8.75. The molecule has 3 N–H and O–H groups in total. The number of nitrogens with two attached hydrogens (primary N) is 1. The molecule has 0 saturated carbocycles. The Morgan fingerprint density at radius 1 is 1.53 bits per heavy atom. The van der Waals surface area contributed by atoms with Crippen LogP contribution in [0.25, 0.3) is 0 Å². The van der Waals surface area contributed by atoms with Gasteiger partial charge in [-0.2, -0.15) is 13.2 Å². The highest BCUT2D eigenvalue weighted by molar-refractivity contribution is 6.33. The number of pyridine rings is 1. The first kappa shape index (κ1) is 15.6. The third-order valence-electron chi connectivity index (χ3n) is 2.48. The van der Waals surface area contributed by atoms with Crippen molar-refractivity contribution in [3.8, 4) is 0 Å². The van der Waals surface area contributed by atoms with E-state index in [9.17, 15) is 13.2 Å². The molecular formula is C11H14ClF3N4. The standard InChI is InChI=1S/C11H14ClF3N4/c1-2-19(4-3-9(16)17)10-8(12)5-7(6-18-10)11(13,14)15/h5-6H,2-4H2,1H3,(H3,16,17). The number of nitrogens with zero attached hydrogens (tertiary/aromatic N) is 2. The molecule has 19 heavy (non-hydrogen) atoms. The maximum Gasteiger partial charge on any atom is 0.417 e. The lowest BCUT2D eigenvalue weighted by Crippen LogP contribution is -2.28. The molecule has 0 unspecified atom stereocenters. The minimum Gasteiger partial charge on any atom is -0.388 e. The van der Waals surface area contributed by atoms with Crippen LogP contribution < -0.4 is 10.6 Å². The Morgan fingerprint density at radius 2 is 2.16 bits per heavy atom. The number of nitrogens with one attached hydrogen (secondary N) is 1. The quantitative estimate of drug-likeness (QED) is 0.648. The topological polar surface area (TPSA) is 66.0 Å². The second kappa shape index (κ2) is 6.10.